The van der Waals surface area contributed by atoms with Gasteiger partial charge in [-0.3, -0.25) is 4.79 Å². The molecule has 0 aromatic rings. The molecular formula is C15H25N3O. The second-order valence-corrected chi connectivity index (χ2v) is 6.41. The normalized spacial score (nSPS) is 24.3. The van der Waals surface area contributed by atoms with Crippen LogP contribution in [-0.2, 0) is 4.79 Å². The van der Waals surface area contributed by atoms with Gasteiger partial charge in [-0.25, -0.2) is 0 Å². The summed E-state index contributed by atoms with van der Waals surface area (Å²) in [7, 11) is 4.15. The maximum Gasteiger partial charge on any atom is 0.240 e. The second-order valence-electron chi connectivity index (χ2n) is 6.41. The first-order chi connectivity index (χ1) is 9.05. The zero-order chi connectivity index (χ0) is 13.9. The zero-order valence-corrected chi connectivity index (χ0v) is 12.2. The summed E-state index contributed by atoms with van der Waals surface area (Å²) in [5.41, 5.74) is -0.628. The van der Waals surface area contributed by atoms with Gasteiger partial charge in [0, 0.05) is 12.1 Å². The number of carbonyl (C=O) groups excluding carboxylic acids is 1. The van der Waals surface area contributed by atoms with E-state index in [-0.39, 0.29) is 11.4 Å². The Bertz CT molecular complexity index is 373. The molecule has 2 rings (SSSR count). The fourth-order valence-corrected chi connectivity index (χ4v) is 3.33. The van der Waals surface area contributed by atoms with Crippen molar-refractivity contribution < 1.29 is 4.79 Å². The molecule has 2 aliphatic rings. The average molecular weight is 263 g/mol. The summed E-state index contributed by atoms with van der Waals surface area (Å²) in [5.74, 6) is -0.0391. The lowest BCUT2D eigenvalue weighted by molar-refractivity contribution is -0.130. The van der Waals surface area contributed by atoms with Gasteiger partial charge in [-0.15, -0.1) is 0 Å². The zero-order valence-electron chi connectivity index (χ0n) is 12.2. The molecule has 4 nitrogen and oxygen atoms in total. The van der Waals surface area contributed by atoms with Gasteiger partial charge in [0.2, 0.25) is 5.91 Å². The molecule has 1 amide bonds. The van der Waals surface area contributed by atoms with E-state index in [0.717, 1.165) is 44.9 Å². The lowest BCUT2D eigenvalue weighted by Crippen LogP contribution is -2.58. The highest BCUT2D eigenvalue weighted by atomic mass is 16.2. The Morgan fingerprint density at radius 1 is 1.16 bits per heavy atom. The van der Waals surface area contributed by atoms with Gasteiger partial charge in [0.05, 0.1) is 6.07 Å². The molecule has 2 aliphatic carbocycles. The van der Waals surface area contributed by atoms with E-state index in [4.69, 9.17) is 0 Å². The molecule has 0 aromatic carbocycles. The SMILES string of the molecule is CN(C)C1(CNC(=O)C2(C#N)CCCCC2)CCC1. The van der Waals surface area contributed by atoms with Crippen molar-refractivity contribution >= 4 is 5.91 Å². The first kappa shape index (κ1) is 14.3. The van der Waals surface area contributed by atoms with E-state index in [2.05, 4.69) is 30.4 Å². The number of hydrogen-bond acceptors (Lipinski definition) is 3. The van der Waals surface area contributed by atoms with Crippen molar-refractivity contribution in [2.75, 3.05) is 20.6 Å². The third-order valence-electron chi connectivity index (χ3n) is 5.17. The Labute approximate surface area is 116 Å². The van der Waals surface area contributed by atoms with Gasteiger partial charge in [0.1, 0.15) is 5.41 Å². The van der Waals surface area contributed by atoms with Crippen LogP contribution in [0.4, 0.5) is 0 Å². The number of amides is 1. The minimum atomic E-state index is -0.754. The van der Waals surface area contributed by atoms with E-state index >= 15 is 0 Å². The van der Waals surface area contributed by atoms with Crippen molar-refractivity contribution in [2.45, 2.75) is 56.9 Å². The van der Waals surface area contributed by atoms with E-state index in [0.29, 0.717) is 6.54 Å². The van der Waals surface area contributed by atoms with Crippen LogP contribution < -0.4 is 5.32 Å². The van der Waals surface area contributed by atoms with Gasteiger partial charge in [-0.2, -0.15) is 5.26 Å². The summed E-state index contributed by atoms with van der Waals surface area (Å²) in [5, 5.41) is 12.5. The van der Waals surface area contributed by atoms with Crippen LogP contribution in [0.25, 0.3) is 0 Å². The maximum atomic E-state index is 12.4. The highest BCUT2D eigenvalue weighted by Gasteiger charge is 2.43. The third-order valence-corrected chi connectivity index (χ3v) is 5.17. The predicted octanol–water partition coefficient (Wildman–Crippen LogP) is 2.06. The topological polar surface area (TPSA) is 56.1 Å². The molecule has 0 saturated heterocycles. The molecule has 19 heavy (non-hydrogen) atoms. The van der Waals surface area contributed by atoms with Crippen molar-refractivity contribution in [1.82, 2.24) is 10.2 Å². The van der Waals surface area contributed by atoms with Crippen LogP contribution in [-0.4, -0.2) is 37.0 Å². The number of nitriles is 1. The molecule has 1 N–H and O–H groups in total. The highest BCUT2D eigenvalue weighted by Crippen LogP contribution is 2.38. The van der Waals surface area contributed by atoms with E-state index in [9.17, 15) is 10.1 Å². The minimum absolute atomic E-state index is 0.0391. The van der Waals surface area contributed by atoms with E-state index < -0.39 is 5.41 Å². The Hall–Kier alpha value is -1.08. The second kappa shape index (κ2) is 5.50. The predicted molar refractivity (Wildman–Crippen MR) is 74.4 cm³/mol. The molecule has 106 valence electrons. The molecule has 0 heterocycles. The largest absolute Gasteiger partial charge is 0.353 e. The fourth-order valence-electron chi connectivity index (χ4n) is 3.33. The molecule has 0 radical (unpaired) electrons. The van der Waals surface area contributed by atoms with Crippen LogP contribution in [0.3, 0.4) is 0 Å². The van der Waals surface area contributed by atoms with Crippen LogP contribution in [0.2, 0.25) is 0 Å². The number of hydrogen-bond donors (Lipinski definition) is 1. The molecule has 0 unspecified atom stereocenters. The van der Waals surface area contributed by atoms with Gasteiger partial charge < -0.3 is 10.2 Å². The number of carbonyl (C=O) groups is 1. The third kappa shape index (κ3) is 2.62. The number of nitrogens with one attached hydrogen (secondary N) is 1. The summed E-state index contributed by atoms with van der Waals surface area (Å²) in [6, 6.07) is 2.29. The van der Waals surface area contributed by atoms with Gasteiger partial charge >= 0.3 is 0 Å². The molecule has 0 aliphatic heterocycles. The molecule has 4 heteroatoms. The monoisotopic (exact) mass is 263 g/mol. The van der Waals surface area contributed by atoms with Crippen LogP contribution in [0.1, 0.15) is 51.4 Å². The Kier molecular flexibility index (Phi) is 4.15. The maximum absolute atomic E-state index is 12.4. The summed E-state index contributed by atoms with van der Waals surface area (Å²) < 4.78 is 0. The quantitative estimate of drug-likeness (QED) is 0.844. The minimum Gasteiger partial charge on any atom is -0.353 e. The molecule has 2 saturated carbocycles. The average Bonchev–Trinajstić information content (AvgIpc) is 2.37. The smallest absolute Gasteiger partial charge is 0.240 e. The summed E-state index contributed by atoms with van der Waals surface area (Å²) in [6.45, 7) is 0.683. The van der Waals surface area contributed by atoms with Crippen LogP contribution >= 0.6 is 0 Å². The lowest BCUT2D eigenvalue weighted by atomic mass is 9.73. The summed E-state index contributed by atoms with van der Waals surface area (Å²) >= 11 is 0. The molecule has 0 atom stereocenters. The van der Waals surface area contributed by atoms with E-state index in [1.807, 2.05) is 0 Å². The van der Waals surface area contributed by atoms with Crippen molar-refractivity contribution in [1.29, 1.82) is 5.26 Å². The Morgan fingerprint density at radius 3 is 2.21 bits per heavy atom. The first-order valence-electron chi connectivity index (χ1n) is 7.42. The number of likely N-dealkylation sites (N-methyl/N-ethyl adjacent to an activating group) is 1. The van der Waals surface area contributed by atoms with Crippen molar-refractivity contribution in [3.8, 4) is 6.07 Å². The summed E-state index contributed by atoms with van der Waals surface area (Å²) in [4.78, 5) is 14.6. The van der Waals surface area contributed by atoms with Crippen molar-refractivity contribution in [2.24, 2.45) is 5.41 Å². The fraction of sp³-hybridized carbons (Fsp3) is 0.867. The van der Waals surface area contributed by atoms with Crippen LogP contribution in [0, 0.1) is 16.7 Å². The van der Waals surface area contributed by atoms with Crippen molar-refractivity contribution in [3.05, 3.63) is 0 Å². The van der Waals surface area contributed by atoms with Crippen molar-refractivity contribution in [3.63, 3.8) is 0 Å². The molecule has 2 fully saturated rings. The highest BCUT2D eigenvalue weighted by molar-refractivity contribution is 5.85. The van der Waals surface area contributed by atoms with Gasteiger partial charge in [0.15, 0.2) is 0 Å². The Morgan fingerprint density at radius 2 is 1.79 bits per heavy atom. The molecule has 0 bridgehead atoms. The van der Waals surface area contributed by atoms with Crippen LogP contribution in [0.5, 0.6) is 0 Å². The van der Waals surface area contributed by atoms with E-state index in [1.54, 1.807) is 0 Å². The Balaban J connectivity index is 1.95. The number of nitrogens with zero attached hydrogens (tertiary/aromatic N) is 2. The number of rotatable bonds is 4. The van der Waals surface area contributed by atoms with Gasteiger partial charge in [-0.1, -0.05) is 19.3 Å². The standard InChI is InChI=1S/C15H25N3O/c1-18(2)15(9-6-10-15)12-17-13(19)14(11-16)7-4-3-5-8-14/h3-10,12H2,1-2H3,(H,17,19). The summed E-state index contributed by atoms with van der Waals surface area (Å²) in [6.07, 6.45) is 8.11. The molecular weight excluding hydrogens is 238 g/mol. The first-order valence-corrected chi connectivity index (χ1v) is 7.42. The van der Waals surface area contributed by atoms with Gasteiger partial charge in [0.25, 0.3) is 0 Å². The van der Waals surface area contributed by atoms with Gasteiger partial charge in [-0.05, 0) is 46.2 Å². The van der Waals surface area contributed by atoms with E-state index in [1.165, 1.54) is 6.42 Å². The molecule has 0 spiro atoms. The lowest BCUT2D eigenvalue weighted by Gasteiger charge is -2.47. The molecule has 0 aromatic heterocycles. The van der Waals surface area contributed by atoms with Crippen LogP contribution in [0.15, 0.2) is 0 Å².